The molecule has 1 aromatic carbocycles. The normalized spacial score (nSPS) is 11.7. The van der Waals surface area contributed by atoms with Crippen LogP contribution in [0.25, 0.3) is 10.8 Å². The van der Waals surface area contributed by atoms with Gasteiger partial charge in [-0.25, -0.2) is 0 Å². The van der Waals surface area contributed by atoms with Gasteiger partial charge in [0.15, 0.2) is 0 Å². The Hall–Kier alpha value is -3.10. The number of alkyl halides is 3. The lowest BCUT2D eigenvalue weighted by Gasteiger charge is -2.09. The molecule has 0 radical (unpaired) electrons. The van der Waals surface area contributed by atoms with Gasteiger partial charge in [0.25, 0.3) is 11.5 Å². The average molecular weight is 364 g/mol. The summed E-state index contributed by atoms with van der Waals surface area (Å²) in [6.07, 6.45) is -0.426. The molecule has 0 unspecified atom stereocenters. The molecule has 1 N–H and O–H groups in total. The van der Waals surface area contributed by atoms with Gasteiger partial charge in [0.1, 0.15) is 6.54 Å². The second kappa shape index (κ2) is 6.66. The van der Waals surface area contributed by atoms with E-state index in [1.807, 2.05) is 0 Å². The van der Waals surface area contributed by atoms with E-state index in [4.69, 9.17) is 0 Å². The van der Waals surface area contributed by atoms with Crippen molar-refractivity contribution in [2.45, 2.75) is 19.3 Å². The number of benzene rings is 1. The Kier molecular flexibility index (Phi) is 4.54. The van der Waals surface area contributed by atoms with Crippen molar-refractivity contribution in [2.24, 2.45) is 7.05 Å². The molecule has 6 nitrogen and oxygen atoms in total. The SMILES string of the molecule is Cn1cc(C(=O)NCc2cnn(CC(F)(F)F)c2)c2ccccc2c1=O. The third-order valence-corrected chi connectivity index (χ3v) is 3.82. The van der Waals surface area contributed by atoms with Crippen LogP contribution in [0.15, 0.2) is 47.7 Å². The number of fused-ring (bicyclic) bond motifs is 1. The van der Waals surface area contributed by atoms with Crippen LogP contribution in [0.3, 0.4) is 0 Å². The van der Waals surface area contributed by atoms with Crippen LogP contribution in [0.2, 0.25) is 0 Å². The monoisotopic (exact) mass is 364 g/mol. The van der Waals surface area contributed by atoms with Crippen molar-refractivity contribution in [3.63, 3.8) is 0 Å². The van der Waals surface area contributed by atoms with Crippen molar-refractivity contribution < 1.29 is 18.0 Å². The molecule has 3 rings (SSSR count). The van der Waals surface area contributed by atoms with Gasteiger partial charge in [0, 0.05) is 42.3 Å². The zero-order valence-electron chi connectivity index (χ0n) is 13.7. The number of nitrogens with one attached hydrogen (secondary N) is 1. The van der Waals surface area contributed by atoms with Gasteiger partial charge in [-0.3, -0.25) is 14.3 Å². The summed E-state index contributed by atoms with van der Waals surface area (Å²) in [4.78, 5) is 24.6. The number of carbonyl (C=O) groups is 1. The number of aromatic nitrogens is 3. The van der Waals surface area contributed by atoms with E-state index in [0.717, 1.165) is 4.68 Å². The molecule has 0 spiro atoms. The first kappa shape index (κ1) is 17.7. The highest BCUT2D eigenvalue weighted by atomic mass is 19.4. The van der Waals surface area contributed by atoms with E-state index in [1.165, 1.54) is 23.2 Å². The third-order valence-electron chi connectivity index (χ3n) is 3.82. The molecule has 2 heterocycles. The van der Waals surface area contributed by atoms with Gasteiger partial charge in [-0.2, -0.15) is 18.3 Å². The van der Waals surface area contributed by atoms with Crippen molar-refractivity contribution in [1.29, 1.82) is 0 Å². The lowest BCUT2D eigenvalue weighted by Crippen LogP contribution is -2.26. The topological polar surface area (TPSA) is 68.9 Å². The number of rotatable bonds is 4. The fourth-order valence-electron chi connectivity index (χ4n) is 2.64. The van der Waals surface area contributed by atoms with Crippen molar-refractivity contribution in [1.82, 2.24) is 19.7 Å². The maximum absolute atomic E-state index is 12.5. The minimum atomic E-state index is -4.36. The van der Waals surface area contributed by atoms with Gasteiger partial charge in [-0.05, 0) is 6.07 Å². The Labute approximate surface area is 145 Å². The second-order valence-electron chi connectivity index (χ2n) is 5.85. The average Bonchev–Trinajstić information content (AvgIpc) is 3.01. The van der Waals surface area contributed by atoms with E-state index >= 15 is 0 Å². The molecular formula is C17H15F3N4O2. The summed E-state index contributed by atoms with van der Waals surface area (Å²) in [5.74, 6) is -0.430. The van der Waals surface area contributed by atoms with E-state index < -0.39 is 18.6 Å². The van der Waals surface area contributed by atoms with Crippen LogP contribution in [0, 0.1) is 0 Å². The Balaban J connectivity index is 1.78. The summed E-state index contributed by atoms with van der Waals surface area (Å²) in [5, 5.41) is 7.20. The minimum absolute atomic E-state index is 0.0217. The van der Waals surface area contributed by atoms with Crippen LogP contribution in [0.1, 0.15) is 15.9 Å². The van der Waals surface area contributed by atoms with E-state index in [1.54, 1.807) is 31.3 Å². The highest BCUT2D eigenvalue weighted by Gasteiger charge is 2.28. The van der Waals surface area contributed by atoms with Crippen LogP contribution in [0.4, 0.5) is 13.2 Å². The molecule has 136 valence electrons. The van der Waals surface area contributed by atoms with Crippen LogP contribution < -0.4 is 10.9 Å². The predicted molar refractivity (Wildman–Crippen MR) is 88.6 cm³/mol. The molecule has 0 saturated carbocycles. The number of hydrogen-bond acceptors (Lipinski definition) is 3. The Morgan fingerprint density at radius 1 is 1.19 bits per heavy atom. The molecule has 0 fully saturated rings. The molecule has 9 heteroatoms. The molecule has 0 saturated heterocycles. The van der Waals surface area contributed by atoms with Crippen molar-refractivity contribution in [3.8, 4) is 0 Å². The molecule has 3 aromatic rings. The van der Waals surface area contributed by atoms with Gasteiger partial charge < -0.3 is 9.88 Å². The smallest absolute Gasteiger partial charge is 0.348 e. The Morgan fingerprint density at radius 2 is 1.88 bits per heavy atom. The maximum atomic E-state index is 12.5. The van der Waals surface area contributed by atoms with Crippen molar-refractivity contribution in [2.75, 3.05) is 0 Å². The number of pyridine rings is 1. The summed E-state index contributed by atoms with van der Waals surface area (Å²) in [6, 6.07) is 6.74. The van der Waals surface area contributed by atoms with E-state index in [2.05, 4.69) is 10.4 Å². The highest BCUT2D eigenvalue weighted by molar-refractivity contribution is 6.06. The highest BCUT2D eigenvalue weighted by Crippen LogP contribution is 2.17. The number of hydrogen-bond donors (Lipinski definition) is 1. The first-order valence-corrected chi connectivity index (χ1v) is 7.69. The molecule has 26 heavy (non-hydrogen) atoms. The van der Waals surface area contributed by atoms with E-state index in [-0.39, 0.29) is 12.1 Å². The quantitative estimate of drug-likeness (QED) is 0.772. The molecule has 2 aromatic heterocycles. The first-order valence-electron chi connectivity index (χ1n) is 7.69. The van der Waals surface area contributed by atoms with Gasteiger partial charge >= 0.3 is 6.18 Å². The fraction of sp³-hybridized carbons (Fsp3) is 0.235. The summed E-state index contributed by atoms with van der Waals surface area (Å²) < 4.78 is 39.1. The van der Waals surface area contributed by atoms with Gasteiger partial charge in [0.2, 0.25) is 0 Å². The number of carbonyl (C=O) groups excluding carboxylic acids is 1. The lowest BCUT2D eigenvalue weighted by molar-refractivity contribution is -0.142. The maximum Gasteiger partial charge on any atom is 0.408 e. The first-order chi connectivity index (χ1) is 12.2. The van der Waals surface area contributed by atoms with E-state index in [0.29, 0.717) is 21.9 Å². The zero-order chi connectivity index (χ0) is 18.9. The molecule has 0 atom stereocenters. The van der Waals surface area contributed by atoms with Crippen LogP contribution in [-0.2, 0) is 20.1 Å². The zero-order valence-corrected chi connectivity index (χ0v) is 13.7. The van der Waals surface area contributed by atoms with Gasteiger partial charge in [-0.1, -0.05) is 18.2 Å². The summed E-state index contributed by atoms with van der Waals surface area (Å²) >= 11 is 0. The van der Waals surface area contributed by atoms with E-state index in [9.17, 15) is 22.8 Å². The molecule has 0 aliphatic heterocycles. The number of aryl methyl sites for hydroxylation is 1. The Morgan fingerprint density at radius 3 is 2.58 bits per heavy atom. The molecule has 0 aliphatic rings. The molecular weight excluding hydrogens is 349 g/mol. The molecule has 0 aliphatic carbocycles. The molecule has 1 amide bonds. The summed E-state index contributed by atoms with van der Waals surface area (Å²) in [6.45, 7) is -1.17. The van der Waals surface area contributed by atoms with Crippen molar-refractivity contribution in [3.05, 3.63) is 64.3 Å². The number of nitrogens with zero attached hydrogens (tertiary/aromatic N) is 3. The van der Waals surface area contributed by atoms with Gasteiger partial charge in [0.05, 0.1) is 11.8 Å². The van der Waals surface area contributed by atoms with Crippen LogP contribution in [0.5, 0.6) is 0 Å². The van der Waals surface area contributed by atoms with Crippen LogP contribution in [-0.4, -0.2) is 26.4 Å². The van der Waals surface area contributed by atoms with Crippen LogP contribution >= 0.6 is 0 Å². The lowest BCUT2D eigenvalue weighted by atomic mass is 10.1. The number of amides is 1. The minimum Gasteiger partial charge on any atom is -0.348 e. The fourth-order valence-corrected chi connectivity index (χ4v) is 2.64. The third kappa shape index (κ3) is 3.76. The van der Waals surface area contributed by atoms with Gasteiger partial charge in [-0.15, -0.1) is 0 Å². The molecule has 0 bridgehead atoms. The standard InChI is InChI=1S/C17H15F3N4O2/c1-23-9-14(12-4-2-3-5-13(12)16(23)26)15(25)21-6-11-7-22-24(8-11)10-17(18,19)20/h2-5,7-9H,6,10H2,1H3,(H,21,25). The number of halogens is 3. The summed E-state index contributed by atoms with van der Waals surface area (Å²) in [7, 11) is 1.55. The van der Waals surface area contributed by atoms with Crippen molar-refractivity contribution >= 4 is 16.7 Å². The predicted octanol–water partition coefficient (Wildman–Crippen LogP) is 2.23. The largest absolute Gasteiger partial charge is 0.408 e. The Bertz CT molecular complexity index is 1020. The second-order valence-corrected chi connectivity index (χ2v) is 5.85. The summed E-state index contributed by atoms with van der Waals surface area (Å²) in [5.41, 5.74) is 0.535.